The van der Waals surface area contributed by atoms with Gasteiger partial charge in [0.15, 0.2) is 5.13 Å². The number of nitrogens with zero attached hydrogens (tertiary/aromatic N) is 2. The van der Waals surface area contributed by atoms with E-state index in [0.29, 0.717) is 16.6 Å². The molecule has 3 heterocycles. The quantitative estimate of drug-likeness (QED) is 0.425. The molecule has 0 atom stereocenters. The summed E-state index contributed by atoms with van der Waals surface area (Å²) in [7, 11) is 3.22. The molecule has 3 aromatic heterocycles. The summed E-state index contributed by atoms with van der Waals surface area (Å²) in [5.41, 5.74) is 2.28. The summed E-state index contributed by atoms with van der Waals surface area (Å²) in [4.78, 5) is 22.6. The molecule has 148 valence electrons. The van der Waals surface area contributed by atoms with Gasteiger partial charge < -0.3 is 14.8 Å². The van der Waals surface area contributed by atoms with E-state index < -0.39 is 0 Å². The molecule has 1 N–H and O–H groups in total. The van der Waals surface area contributed by atoms with Gasteiger partial charge in [-0.1, -0.05) is 6.07 Å². The van der Waals surface area contributed by atoms with E-state index in [1.165, 1.54) is 11.3 Å². The fourth-order valence-electron chi connectivity index (χ4n) is 2.70. The Balaban J connectivity index is 1.45. The Morgan fingerprint density at radius 1 is 1.07 bits per heavy atom. The highest BCUT2D eigenvalue weighted by atomic mass is 32.1. The van der Waals surface area contributed by atoms with E-state index in [4.69, 9.17) is 9.47 Å². The number of amides is 1. The topological polar surface area (TPSA) is 73.3 Å². The Hall–Kier alpha value is -2.75. The molecule has 0 aliphatic heterocycles. The second-order valence-electron chi connectivity index (χ2n) is 5.95. The van der Waals surface area contributed by atoms with Crippen molar-refractivity contribution >= 4 is 45.0 Å². The molecule has 29 heavy (non-hydrogen) atoms. The van der Waals surface area contributed by atoms with Gasteiger partial charge in [-0.25, -0.2) is 9.97 Å². The zero-order valence-corrected chi connectivity index (χ0v) is 18.1. The highest BCUT2D eigenvalue weighted by molar-refractivity contribution is 7.20. The second kappa shape index (κ2) is 8.73. The van der Waals surface area contributed by atoms with E-state index in [1.54, 1.807) is 36.9 Å². The lowest BCUT2D eigenvalue weighted by atomic mass is 10.1. The maximum atomic E-state index is 12.4. The number of benzene rings is 1. The Labute approximate surface area is 179 Å². The number of thiazole rings is 2. The molecular weight excluding hydrogens is 426 g/mol. The van der Waals surface area contributed by atoms with Crippen molar-refractivity contribution in [3.8, 4) is 32.6 Å². The first-order valence-corrected chi connectivity index (χ1v) is 11.3. The molecule has 0 fully saturated rings. The number of carbonyl (C=O) groups excluding carboxylic acids is 1. The molecule has 0 saturated heterocycles. The molecule has 0 aliphatic rings. The molecule has 0 saturated carbocycles. The average molecular weight is 444 g/mol. The third-order valence-corrected chi connectivity index (χ3v) is 6.75. The van der Waals surface area contributed by atoms with Crippen molar-refractivity contribution < 1.29 is 14.3 Å². The number of aromatic nitrogens is 2. The maximum Gasteiger partial charge on any atom is 0.232 e. The fourth-order valence-corrected chi connectivity index (χ4v) is 5.06. The normalized spacial score (nSPS) is 10.7. The monoisotopic (exact) mass is 443 g/mol. The number of thiophene rings is 1. The van der Waals surface area contributed by atoms with Crippen molar-refractivity contribution in [3.63, 3.8) is 0 Å². The molecule has 0 aliphatic carbocycles. The lowest BCUT2D eigenvalue weighted by Gasteiger charge is -2.08. The number of carbonyl (C=O) groups is 1. The number of hydrogen-bond donors (Lipinski definition) is 1. The van der Waals surface area contributed by atoms with Gasteiger partial charge in [-0.2, -0.15) is 0 Å². The summed E-state index contributed by atoms with van der Waals surface area (Å²) in [6.45, 7) is 0. The smallest absolute Gasteiger partial charge is 0.232 e. The zero-order valence-electron chi connectivity index (χ0n) is 15.7. The summed E-state index contributed by atoms with van der Waals surface area (Å²) in [5, 5.41) is 10.1. The van der Waals surface area contributed by atoms with Crippen molar-refractivity contribution in [3.05, 3.63) is 52.2 Å². The third-order valence-electron chi connectivity index (χ3n) is 4.06. The summed E-state index contributed by atoms with van der Waals surface area (Å²) < 4.78 is 10.7. The molecule has 4 aromatic rings. The molecule has 0 spiro atoms. The number of ether oxygens (including phenoxy) is 2. The largest absolute Gasteiger partial charge is 0.497 e. The number of hydrogen-bond acceptors (Lipinski definition) is 8. The predicted molar refractivity (Wildman–Crippen MR) is 118 cm³/mol. The van der Waals surface area contributed by atoms with Crippen LogP contribution in [0.1, 0.15) is 5.69 Å². The van der Waals surface area contributed by atoms with E-state index in [1.807, 2.05) is 46.5 Å². The highest BCUT2D eigenvalue weighted by Crippen LogP contribution is 2.35. The van der Waals surface area contributed by atoms with Crippen LogP contribution < -0.4 is 14.8 Å². The van der Waals surface area contributed by atoms with Crippen LogP contribution in [0.3, 0.4) is 0 Å². The Morgan fingerprint density at radius 3 is 2.72 bits per heavy atom. The van der Waals surface area contributed by atoms with Crippen molar-refractivity contribution in [2.75, 3.05) is 19.5 Å². The van der Waals surface area contributed by atoms with Crippen LogP contribution >= 0.6 is 34.0 Å². The molecule has 1 amide bonds. The summed E-state index contributed by atoms with van der Waals surface area (Å²) in [6, 6.07) is 9.54. The van der Waals surface area contributed by atoms with E-state index in [9.17, 15) is 4.79 Å². The fraction of sp³-hybridized carbons (Fsp3) is 0.150. The molecule has 1 aromatic carbocycles. The third kappa shape index (κ3) is 4.47. The van der Waals surface area contributed by atoms with Gasteiger partial charge in [0.1, 0.15) is 16.5 Å². The first-order valence-electron chi connectivity index (χ1n) is 8.62. The molecule has 6 nitrogen and oxygen atoms in total. The SMILES string of the molecule is COc1ccc(OC)c(-c2csc(NC(=O)Cc3csc(-c4cccs4)n3)n2)c1. The zero-order chi connectivity index (χ0) is 20.2. The van der Waals surface area contributed by atoms with Crippen LogP contribution in [0.25, 0.3) is 21.1 Å². The minimum Gasteiger partial charge on any atom is -0.497 e. The first-order chi connectivity index (χ1) is 14.2. The summed E-state index contributed by atoms with van der Waals surface area (Å²) >= 11 is 4.55. The molecule has 4 rings (SSSR count). The lowest BCUT2D eigenvalue weighted by molar-refractivity contribution is -0.115. The van der Waals surface area contributed by atoms with Crippen LogP contribution in [0.2, 0.25) is 0 Å². The minimum atomic E-state index is -0.147. The molecule has 0 unspecified atom stereocenters. The van der Waals surface area contributed by atoms with Crippen LogP contribution in [0.5, 0.6) is 11.5 Å². The van der Waals surface area contributed by atoms with Crippen LogP contribution in [-0.4, -0.2) is 30.1 Å². The van der Waals surface area contributed by atoms with Gasteiger partial charge in [0.25, 0.3) is 0 Å². The second-order valence-corrected chi connectivity index (χ2v) is 8.61. The minimum absolute atomic E-state index is 0.147. The molecular formula is C20H17N3O3S3. The van der Waals surface area contributed by atoms with Crippen molar-refractivity contribution in [2.45, 2.75) is 6.42 Å². The van der Waals surface area contributed by atoms with Gasteiger partial charge >= 0.3 is 0 Å². The Morgan fingerprint density at radius 2 is 1.97 bits per heavy atom. The molecule has 0 radical (unpaired) electrons. The maximum absolute atomic E-state index is 12.4. The number of nitrogens with one attached hydrogen (secondary N) is 1. The predicted octanol–water partition coefficient (Wildman–Crippen LogP) is 5.19. The van der Waals surface area contributed by atoms with Crippen molar-refractivity contribution in [2.24, 2.45) is 0 Å². The highest BCUT2D eigenvalue weighted by Gasteiger charge is 2.14. The van der Waals surface area contributed by atoms with Gasteiger partial charge in [0, 0.05) is 16.3 Å². The van der Waals surface area contributed by atoms with Gasteiger partial charge in [-0.15, -0.1) is 34.0 Å². The first kappa shape index (κ1) is 19.6. The van der Waals surface area contributed by atoms with E-state index in [0.717, 1.165) is 26.8 Å². The van der Waals surface area contributed by atoms with Crippen molar-refractivity contribution in [1.29, 1.82) is 0 Å². The number of anilines is 1. The summed E-state index contributed by atoms with van der Waals surface area (Å²) in [6.07, 6.45) is 0.208. The Kier molecular flexibility index (Phi) is 5.89. The van der Waals surface area contributed by atoms with Crippen molar-refractivity contribution in [1.82, 2.24) is 9.97 Å². The number of rotatable bonds is 7. The van der Waals surface area contributed by atoms with Gasteiger partial charge in [-0.3, -0.25) is 4.79 Å². The number of methoxy groups -OCH3 is 2. The van der Waals surface area contributed by atoms with Crippen LogP contribution in [0.15, 0.2) is 46.5 Å². The van der Waals surface area contributed by atoms with Crippen LogP contribution in [0.4, 0.5) is 5.13 Å². The van der Waals surface area contributed by atoms with E-state index >= 15 is 0 Å². The van der Waals surface area contributed by atoms with Gasteiger partial charge in [-0.05, 0) is 29.6 Å². The van der Waals surface area contributed by atoms with Gasteiger partial charge in [0.2, 0.25) is 5.91 Å². The average Bonchev–Trinajstić information content (AvgIpc) is 3.49. The standard InChI is InChI=1S/C20H17N3O3S3/c1-25-13-5-6-16(26-2)14(9-13)15-11-29-20(22-15)23-18(24)8-12-10-28-19(21-12)17-4-3-7-27-17/h3-7,9-11H,8H2,1-2H3,(H,22,23,24). The van der Waals surface area contributed by atoms with Gasteiger partial charge in [0.05, 0.1) is 36.9 Å². The Bertz CT molecular complexity index is 1120. The molecule has 0 bridgehead atoms. The summed E-state index contributed by atoms with van der Waals surface area (Å²) in [5.74, 6) is 1.26. The molecule has 9 heteroatoms. The van der Waals surface area contributed by atoms with Crippen LogP contribution in [-0.2, 0) is 11.2 Å². The van der Waals surface area contributed by atoms with E-state index in [2.05, 4.69) is 15.3 Å². The van der Waals surface area contributed by atoms with Crippen LogP contribution in [0, 0.1) is 0 Å². The van der Waals surface area contributed by atoms with E-state index in [-0.39, 0.29) is 12.3 Å². The lowest BCUT2D eigenvalue weighted by Crippen LogP contribution is -2.14.